The maximum absolute atomic E-state index is 5.83. The molecule has 0 bridgehead atoms. The topological polar surface area (TPSA) is 9.23 Å². The largest absolute Gasteiger partial charge is 0.491 e. The first kappa shape index (κ1) is 21.0. The lowest BCUT2D eigenvalue weighted by molar-refractivity contribution is 0.0599. The van der Waals surface area contributed by atoms with Crippen LogP contribution in [0.3, 0.4) is 0 Å². The zero-order valence-electron chi connectivity index (χ0n) is 17.6. The summed E-state index contributed by atoms with van der Waals surface area (Å²) in [6.45, 7) is 14.8. The molecule has 0 radical (unpaired) electrons. The number of allylic oxidation sites excluding steroid dienone is 8. The van der Waals surface area contributed by atoms with Crippen LogP contribution in [0.1, 0.15) is 70.1 Å². The first-order valence-electron chi connectivity index (χ1n) is 10.1. The lowest BCUT2D eigenvalue weighted by Gasteiger charge is -2.26. The van der Waals surface area contributed by atoms with Gasteiger partial charge in [-0.2, -0.15) is 0 Å². The molecule has 0 atom stereocenters. The summed E-state index contributed by atoms with van der Waals surface area (Å²) < 4.78 is 5.83. The van der Waals surface area contributed by atoms with E-state index in [1.54, 1.807) is 0 Å². The molecule has 144 valence electrons. The zero-order valence-corrected chi connectivity index (χ0v) is 17.6. The molecule has 0 aromatic heterocycles. The van der Waals surface area contributed by atoms with E-state index in [-0.39, 0.29) is 0 Å². The van der Waals surface area contributed by atoms with E-state index in [9.17, 15) is 0 Å². The van der Waals surface area contributed by atoms with E-state index in [2.05, 4.69) is 83.7 Å². The standard InChI is InChI=1S/C26H34O/c1-7-11-19(4)25(9-3)26-17-16-23(18-20(26)5)22(8-2)15-14-21(6)27-24-12-10-13-24/h8-9,11,14-18,24H,6-7,10,12-13H2,1-5H3/b15-14-,19-11-,22-8+,25-9+. The van der Waals surface area contributed by atoms with Gasteiger partial charge >= 0.3 is 0 Å². The first-order chi connectivity index (χ1) is 13.0. The minimum absolute atomic E-state index is 0.372. The van der Waals surface area contributed by atoms with E-state index in [1.165, 1.54) is 39.8 Å². The summed E-state index contributed by atoms with van der Waals surface area (Å²) in [5.74, 6) is 0.754. The van der Waals surface area contributed by atoms with Gasteiger partial charge in [-0.3, -0.25) is 0 Å². The highest BCUT2D eigenvalue weighted by molar-refractivity contribution is 5.82. The van der Waals surface area contributed by atoms with Gasteiger partial charge in [0.1, 0.15) is 5.76 Å². The molecule has 1 aromatic carbocycles. The quantitative estimate of drug-likeness (QED) is 0.338. The Morgan fingerprint density at radius 1 is 1.19 bits per heavy atom. The van der Waals surface area contributed by atoms with Crippen LogP contribution < -0.4 is 0 Å². The third kappa shape index (κ3) is 5.60. The molecule has 1 aliphatic carbocycles. The lowest BCUT2D eigenvalue weighted by atomic mass is 9.91. The van der Waals surface area contributed by atoms with Gasteiger partial charge < -0.3 is 4.74 Å². The van der Waals surface area contributed by atoms with Crippen LogP contribution in [0.25, 0.3) is 11.1 Å². The van der Waals surface area contributed by atoms with Crippen LogP contribution in [0.2, 0.25) is 0 Å². The van der Waals surface area contributed by atoms with Crippen LogP contribution in [-0.2, 0) is 4.74 Å². The van der Waals surface area contributed by atoms with Crippen LogP contribution in [-0.4, -0.2) is 6.10 Å². The number of benzene rings is 1. The average molecular weight is 363 g/mol. The second-order valence-electron chi connectivity index (χ2n) is 7.24. The van der Waals surface area contributed by atoms with E-state index in [1.807, 2.05) is 6.08 Å². The predicted molar refractivity (Wildman–Crippen MR) is 120 cm³/mol. The SMILES string of the molecule is C=C(/C=C\C(=C/C)c1ccc(C(=C/C)/C(C)=C\CC)c(C)c1)OC1CCC1. The second kappa shape index (κ2) is 10.2. The summed E-state index contributed by atoms with van der Waals surface area (Å²) >= 11 is 0. The maximum Gasteiger partial charge on any atom is 0.112 e. The Morgan fingerprint density at radius 3 is 2.44 bits per heavy atom. The van der Waals surface area contributed by atoms with Crippen molar-refractivity contribution < 1.29 is 4.74 Å². The third-order valence-electron chi connectivity index (χ3n) is 5.20. The summed E-state index contributed by atoms with van der Waals surface area (Å²) in [6.07, 6.45) is 15.7. The van der Waals surface area contributed by atoms with Crippen molar-refractivity contribution in [1.29, 1.82) is 0 Å². The van der Waals surface area contributed by atoms with Crippen LogP contribution in [0, 0.1) is 6.92 Å². The highest BCUT2D eigenvalue weighted by Crippen LogP contribution is 2.29. The number of hydrogen-bond donors (Lipinski definition) is 0. The van der Waals surface area contributed by atoms with E-state index < -0.39 is 0 Å². The van der Waals surface area contributed by atoms with Crippen LogP contribution in [0.15, 0.2) is 66.5 Å². The summed E-state index contributed by atoms with van der Waals surface area (Å²) in [5, 5.41) is 0. The van der Waals surface area contributed by atoms with Gasteiger partial charge in [-0.25, -0.2) is 0 Å². The molecule has 0 heterocycles. The fraction of sp³-hybridized carbons (Fsp3) is 0.385. The number of hydrogen-bond acceptors (Lipinski definition) is 1. The summed E-state index contributed by atoms with van der Waals surface area (Å²) in [6, 6.07) is 6.72. The number of ether oxygens (including phenoxy) is 1. The van der Waals surface area contributed by atoms with Gasteiger partial charge in [-0.15, -0.1) is 0 Å². The zero-order chi connectivity index (χ0) is 19.8. The fourth-order valence-electron chi connectivity index (χ4n) is 3.44. The molecule has 2 rings (SSSR count). The Balaban J connectivity index is 2.19. The van der Waals surface area contributed by atoms with E-state index in [0.29, 0.717) is 6.10 Å². The van der Waals surface area contributed by atoms with Crippen molar-refractivity contribution in [3.8, 4) is 0 Å². The van der Waals surface area contributed by atoms with Crippen molar-refractivity contribution in [2.24, 2.45) is 0 Å². The molecule has 1 fully saturated rings. The summed E-state index contributed by atoms with van der Waals surface area (Å²) in [7, 11) is 0. The Bertz CT molecular complexity index is 782. The smallest absolute Gasteiger partial charge is 0.112 e. The molecule has 0 spiro atoms. The molecule has 0 saturated heterocycles. The molecule has 0 N–H and O–H groups in total. The molecule has 0 aliphatic heterocycles. The van der Waals surface area contributed by atoms with Gasteiger partial charge in [0.05, 0.1) is 6.10 Å². The molecule has 1 nitrogen and oxygen atoms in total. The first-order valence-corrected chi connectivity index (χ1v) is 10.1. The van der Waals surface area contributed by atoms with Gasteiger partial charge in [0.15, 0.2) is 0 Å². The lowest BCUT2D eigenvalue weighted by Crippen LogP contribution is -2.20. The molecular weight excluding hydrogens is 328 g/mol. The summed E-state index contributed by atoms with van der Waals surface area (Å²) in [5.41, 5.74) is 7.67. The summed E-state index contributed by atoms with van der Waals surface area (Å²) in [4.78, 5) is 0. The Kier molecular flexibility index (Phi) is 7.91. The van der Waals surface area contributed by atoms with Gasteiger partial charge in [-0.1, -0.05) is 56.0 Å². The minimum atomic E-state index is 0.372. The number of aryl methyl sites for hydroxylation is 1. The van der Waals surface area contributed by atoms with Gasteiger partial charge in [0.25, 0.3) is 0 Å². The minimum Gasteiger partial charge on any atom is -0.491 e. The Labute approximate surface area is 165 Å². The van der Waals surface area contributed by atoms with Crippen molar-refractivity contribution in [3.63, 3.8) is 0 Å². The van der Waals surface area contributed by atoms with Crippen molar-refractivity contribution in [2.45, 2.75) is 66.4 Å². The van der Waals surface area contributed by atoms with Gasteiger partial charge in [-0.05, 0) is 92.9 Å². The molecule has 1 aliphatic rings. The normalized spacial score (nSPS) is 16.6. The number of rotatable bonds is 8. The molecule has 1 saturated carbocycles. The van der Waals surface area contributed by atoms with E-state index in [0.717, 1.165) is 25.0 Å². The van der Waals surface area contributed by atoms with Crippen LogP contribution >= 0.6 is 0 Å². The molecule has 27 heavy (non-hydrogen) atoms. The van der Waals surface area contributed by atoms with Crippen molar-refractivity contribution in [2.75, 3.05) is 0 Å². The highest BCUT2D eigenvalue weighted by Gasteiger charge is 2.18. The van der Waals surface area contributed by atoms with E-state index >= 15 is 0 Å². The Morgan fingerprint density at radius 2 is 1.93 bits per heavy atom. The van der Waals surface area contributed by atoms with E-state index in [4.69, 9.17) is 4.74 Å². The molecule has 0 unspecified atom stereocenters. The van der Waals surface area contributed by atoms with Crippen LogP contribution in [0.5, 0.6) is 0 Å². The van der Waals surface area contributed by atoms with Gasteiger partial charge in [0, 0.05) is 0 Å². The predicted octanol–water partition coefficient (Wildman–Crippen LogP) is 7.80. The van der Waals surface area contributed by atoms with Crippen molar-refractivity contribution in [3.05, 3.63) is 83.2 Å². The highest BCUT2D eigenvalue weighted by atomic mass is 16.5. The fourth-order valence-corrected chi connectivity index (χ4v) is 3.44. The average Bonchev–Trinajstić information content (AvgIpc) is 2.61. The molecule has 1 heteroatoms. The maximum atomic E-state index is 5.83. The molecular formula is C26H34O. The van der Waals surface area contributed by atoms with Crippen molar-refractivity contribution >= 4 is 11.1 Å². The molecule has 1 aromatic rings. The van der Waals surface area contributed by atoms with Crippen molar-refractivity contribution in [1.82, 2.24) is 0 Å². The molecule has 0 amide bonds. The third-order valence-corrected chi connectivity index (χ3v) is 5.20. The van der Waals surface area contributed by atoms with Crippen LogP contribution in [0.4, 0.5) is 0 Å². The Hall–Kier alpha value is -2.28. The monoisotopic (exact) mass is 362 g/mol. The van der Waals surface area contributed by atoms with Gasteiger partial charge in [0.2, 0.25) is 0 Å². The second-order valence-corrected chi connectivity index (χ2v) is 7.24.